The zero-order chi connectivity index (χ0) is 11.5. The van der Waals surface area contributed by atoms with E-state index >= 15 is 0 Å². The Bertz CT molecular complexity index is 475. The molecule has 2 rings (SSSR count). The highest BCUT2D eigenvalue weighted by atomic mass is 16.5. The summed E-state index contributed by atoms with van der Waals surface area (Å²) >= 11 is 0. The molecule has 0 spiro atoms. The van der Waals surface area contributed by atoms with E-state index in [0.29, 0.717) is 6.01 Å². The molecule has 0 N–H and O–H groups in total. The number of ether oxygens (including phenoxy) is 1. The molecular weight excluding hydrogens is 204 g/mol. The van der Waals surface area contributed by atoms with Crippen molar-refractivity contribution in [3.63, 3.8) is 0 Å². The maximum atomic E-state index is 5.67. The van der Waals surface area contributed by atoms with Crippen LogP contribution in [0.2, 0.25) is 0 Å². The molecule has 86 valence electrons. The van der Waals surface area contributed by atoms with E-state index < -0.39 is 0 Å². The van der Waals surface area contributed by atoms with Crippen LogP contribution in [0.1, 0.15) is 13.8 Å². The molecule has 4 heteroatoms. The summed E-state index contributed by atoms with van der Waals surface area (Å²) in [5.41, 5.74) is 1.63. The Balaban J connectivity index is 2.43. The first-order chi connectivity index (χ1) is 7.78. The number of hydrogen-bond acceptors (Lipinski definition) is 4. The molecule has 1 heterocycles. The summed E-state index contributed by atoms with van der Waals surface area (Å²) in [5.74, 6) is 0.798. The minimum absolute atomic E-state index is 0.674. The van der Waals surface area contributed by atoms with Crippen LogP contribution in [0, 0.1) is 0 Å². The Morgan fingerprint density at radius 3 is 2.69 bits per heavy atom. The van der Waals surface area contributed by atoms with E-state index in [0.717, 1.165) is 29.9 Å². The molecule has 0 radical (unpaired) electrons. The van der Waals surface area contributed by atoms with Gasteiger partial charge < -0.3 is 14.1 Å². The van der Waals surface area contributed by atoms with Gasteiger partial charge in [-0.25, -0.2) is 0 Å². The fourth-order valence-electron chi connectivity index (χ4n) is 1.65. The van der Waals surface area contributed by atoms with Crippen molar-refractivity contribution < 1.29 is 9.15 Å². The van der Waals surface area contributed by atoms with Gasteiger partial charge in [-0.1, -0.05) is 0 Å². The van der Waals surface area contributed by atoms with E-state index in [-0.39, 0.29) is 0 Å². The summed E-state index contributed by atoms with van der Waals surface area (Å²) < 4.78 is 10.8. The van der Waals surface area contributed by atoms with Crippen molar-refractivity contribution in [2.45, 2.75) is 13.8 Å². The second kappa shape index (κ2) is 4.43. The molecule has 1 aromatic carbocycles. The van der Waals surface area contributed by atoms with Gasteiger partial charge in [0, 0.05) is 19.2 Å². The summed E-state index contributed by atoms with van der Waals surface area (Å²) in [7, 11) is 1.65. The summed E-state index contributed by atoms with van der Waals surface area (Å²) in [6, 6.07) is 6.31. The highest BCUT2D eigenvalue weighted by Gasteiger charge is 2.11. The summed E-state index contributed by atoms with van der Waals surface area (Å²) in [4.78, 5) is 6.52. The van der Waals surface area contributed by atoms with Crippen LogP contribution in [0.15, 0.2) is 22.6 Å². The van der Waals surface area contributed by atoms with Gasteiger partial charge in [0.2, 0.25) is 0 Å². The average molecular weight is 220 g/mol. The molecule has 4 nitrogen and oxygen atoms in total. The van der Waals surface area contributed by atoms with E-state index in [1.165, 1.54) is 0 Å². The lowest BCUT2D eigenvalue weighted by molar-refractivity contribution is 0.415. The fraction of sp³-hybridized carbons (Fsp3) is 0.417. The van der Waals surface area contributed by atoms with Crippen LogP contribution in [0.25, 0.3) is 11.1 Å². The summed E-state index contributed by atoms with van der Waals surface area (Å²) in [6.07, 6.45) is 0. The van der Waals surface area contributed by atoms with E-state index in [1.54, 1.807) is 7.11 Å². The molecule has 0 saturated carbocycles. The summed E-state index contributed by atoms with van der Waals surface area (Å²) in [5, 5.41) is 0. The number of aromatic nitrogens is 1. The predicted octanol–water partition coefficient (Wildman–Crippen LogP) is 2.68. The van der Waals surface area contributed by atoms with Gasteiger partial charge in [0.05, 0.1) is 7.11 Å². The monoisotopic (exact) mass is 220 g/mol. The Kier molecular flexibility index (Phi) is 2.99. The number of anilines is 1. The quantitative estimate of drug-likeness (QED) is 0.794. The van der Waals surface area contributed by atoms with Crippen LogP contribution in [-0.4, -0.2) is 25.2 Å². The topological polar surface area (TPSA) is 38.5 Å². The first-order valence-corrected chi connectivity index (χ1v) is 5.48. The second-order valence-electron chi connectivity index (χ2n) is 3.50. The van der Waals surface area contributed by atoms with Gasteiger partial charge in [0.25, 0.3) is 6.01 Å². The predicted molar refractivity (Wildman–Crippen MR) is 64.1 cm³/mol. The zero-order valence-electron chi connectivity index (χ0n) is 9.86. The molecule has 1 aromatic heterocycles. The number of fused-ring (bicyclic) bond motifs is 1. The number of nitrogens with zero attached hydrogens (tertiary/aromatic N) is 2. The van der Waals surface area contributed by atoms with Crippen LogP contribution >= 0.6 is 0 Å². The van der Waals surface area contributed by atoms with E-state index in [4.69, 9.17) is 9.15 Å². The Hall–Kier alpha value is -1.71. The van der Waals surface area contributed by atoms with Crippen molar-refractivity contribution in [1.29, 1.82) is 0 Å². The third-order valence-electron chi connectivity index (χ3n) is 2.62. The molecule has 2 aromatic rings. The van der Waals surface area contributed by atoms with Gasteiger partial charge in [-0.2, -0.15) is 4.98 Å². The molecule has 0 saturated heterocycles. The molecule has 16 heavy (non-hydrogen) atoms. The van der Waals surface area contributed by atoms with Crippen LogP contribution in [-0.2, 0) is 0 Å². The van der Waals surface area contributed by atoms with Crippen LogP contribution in [0.3, 0.4) is 0 Å². The maximum absolute atomic E-state index is 5.67. The molecule has 0 unspecified atom stereocenters. The highest BCUT2D eigenvalue weighted by molar-refractivity contribution is 5.76. The standard InChI is InChI=1S/C12H16N2O2/c1-4-14(5-2)12-13-10-8-9(15-3)6-7-11(10)16-12/h6-8H,4-5H2,1-3H3. The molecule has 0 aliphatic rings. The molecule has 0 atom stereocenters. The van der Waals surface area contributed by atoms with Gasteiger partial charge in [-0.05, 0) is 26.0 Å². The minimum Gasteiger partial charge on any atom is -0.497 e. The van der Waals surface area contributed by atoms with Gasteiger partial charge in [-0.15, -0.1) is 0 Å². The minimum atomic E-state index is 0.674. The Labute approximate surface area is 94.8 Å². The Morgan fingerprint density at radius 2 is 2.06 bits per heavy atom. The lowest BCUT2D eigenvalue weighted by atomic mass is 10.3. The first kappa shape index (κ1) is 10.8. The number of hydrogen-bond donors (Lipinski definition) is 0. The van der Waals surface area contributed by atoms with Crippen LogP contribution in [0.4, 0.5) is 6.01 Å². The van der Waals surface area contributed by atoms with Crippen molar-refractivity contribution in [1.82, 2.24) is 4.98 Å². The smallest absolute Gasteiger partial charge is 0.298 e. The van der Waals surface area contributed by atoms with Gasteiger partial charge >= 0.3 is 0 Å². The third-order valence-corrected chi connectivity index (χ3v) is 2.62. The van der Waals surface area contributed by atoms with Crippen molar-refractivity contribution in [3.05, 3.63) is 18.2 Å². The largest absolute Gasteiger partial charge is 0.497 e. The number of methoxy groups -OCH3 is 1. The second-order valence-corrected chi connectivity index (χ2v) is 3.50. The molecule has 0 bridgehead atoms. The maximum Gasteiger partial charge on any atom is 0.298 e. The van der Waals surface area contributed by atoms with Crippen molar-refractivity contribution >= 4 is 17.1 Å². The third kappa shape index (κ3) is 1.83. The molecule has 0 aliphatic carbocycles. The van der Waals surface area contributed by atoms with Crippen molar-refractivity contribution in [3.8, 4) is 5.75 Å². The molecular formula is C12H16N2O2. The molecule has 0 amide bonds. The number of oxazole rings is 1. The van der Waals surface area contributed by atoms with Crippen molar-refractivity contribution in [2.75, 3.05) is 25.1 Å². The zero-order valence-corrected chi connectivity index (χ0v) is 9.86. The van der Waals surface area contributed by atoms with Gasteiger partial charge in [0.15, 0.2) is 5.58 Å². The summed E-state index contributed by atoms with van der Waals surface area (Å²) in [6.45, 7) is 5.94. The van der Waals surface area contributed by atoms with Crippen LogP contribution in [0.5, 0.6) is 5.75 Å². The lowest BCUT2D eigenvalue weighted by Gasteiger charge is -2.14. The van der Waals surface area contributed by atoms with Gasteiger partial charge in [-0.3, -0.25) is 0 Å². The normalized spacial score (nSPS) is 10.7. The highest BCUT2D eigenvalue weighted by Crippen LogP contribution is 2.25. The number of benzene rings is 1. The molecule has 0 fully saturated rings. The molecule has 0 aliphatic heterocycles. The lowest BCUT2D eigenvalue weighted by Crippen LogP contribution is -2.21. The van der Waals surface area contributed by atoms with E-state index in [1.807, 2.05) is 18.2 Å². The van der Waals surface area contributed by atoms with Crippen LogP contribution < -0.4 is 9.64 Å². The Morgan fingerprint density at radius 1 is 1.31 bits per heavy atom. The SMILES string of the molecule is CCN(CC)c1nc2cc(OC)ccc2o1. The van der Waals surface area contributed by atoms with E-state index in [9.17, 15) is 0 Å². The fourth-order valence-corrected chi connectivity index (χ4v) is 1.65. The van der Waals surface area contributed by atoms with Gasteiger partial charge in [0.1, 0.15) is 11.3 Å². The first-order valence-electron chi connectivity index (χ1n) is 5.48. The number of rotatable bonds is 4. The van der Waals surface area contributed by atoms with Crippen molar-refractivity contribution in [2.24, 2.45) is 0 Å². The average Bonchev–Trinajstić information content (AvgIpc) is 2.72. The van der Waals surface area contributed by atoms with E-state index in [2.05, 4.69) is 23.7 Å².